The number of carbonyl (C=O) groups is 5. The minimum Gasteiger partial charge on any atom is -0.481 e. The Kier molecular flexibility index (Phi) is 19.0. The predicted molar refractivity (Wildman–Crippen MR) is 161 cm³/mol. The minimum atomic E-state index is -1.08. The van der Waals surface area contributed by atoms with Gasteiger partial charge in [0.05, 0.1) is 18.4 Å². The Balaban J connectivity index is 0.000000790. The molecule has 0 aliphatic heterocycles. The van der Waals surface area contributed by atoms with Gasteiger partial charge in [-0.1, -0.05) is 48.5 Å². The van der Waals surface area contributed by atoms with Gasteiger partial charge < -0.3 is 41.4 Å². The third kappa shape index (κ3) is 18.9. The molecule has 11 N–H and O–H groups in total. The lowest BCUT2D eigenvalue weighted by molar-refractivity contribution is -0.143. The number of nitrogens with two attached hydrogens (primary N) is 2. The van der Waals surface area contributed by atoms with Crippen LogP contribution >= 0.6 is 0 Å². The van der Waals surface area contributed by atoms with Crippen LogP contribution in [-0.4, -0.2) is 73.5 Å². The molecule has 0 saturated carbocycles. The Morgan fingerprint density at radius 2 is 1.22 bits per heavy atom. The number of hydrogen-bond donors (Lipinski definition) is 9. The molecule has 16 nitrogen and oxygen atoms in total. The van der Waals surface area contributed by atoms with E-state index in [0.29, 0.717) is 17.6 Å². The van der Waals surface area contributed by atoms with E-state index in [2.05, 4.69) is 10.9 Å². The maximum Gasteiger partial charge on any atom is 0.340 e. The zero-order valence-electron chi connectivity index (χ0n) is 24.6. The summed E-state index contributed by atoms with van der Waals surface area (Å²) in [5.41, 5.74) is 16.7. The van der Waals surface area contributed by atoms with Crippen LogP contribution in [-0.2, 0) is 36.9 Å². The quantitative estimate of drug-likeness (QED) is 0.0985. The second-order valence-electron chi connectivity index (χ2n) is 9.22. The van der Waals surface area contributed by atoms with Crippen LogP contribution in [0.2, 0.25) is 0 Å². The lowest BCUT2D eigenvalue weighted by Gasteiger charge is -2.15. The van der Waals surface area contributed by atoms with E-state index in [9.17, 15) is 33.9 Å². The summed E-state index contributed by atoms with van der Waals surface area (Å²) >= 11 is 0. The zero-order valence-corrected chi connectivity index (χ0v) is 24.6. The molecule has 0 bridgehead atoms. The molecule has 1 heterocycles. The van der Waals surface area contributed by atoms with Gasteiger partial charge in [0.25, 0.3) is 0 Å². The number of nitrogens with one attached hydrogen (secondary N) is 2. The van der Waals surface area contributed by atoms with Crippen LogP contribution in [0.4, 0.5) is 0 Å². The Bertz CT molecular complexity index is 1410. The summed E-state index contributed by atoms with van der Waals surface area (Å²) in [5, 5.41) is 41.7. The first-order valence-corrected chi connectivity index (χ1v) is 13.2. The molecule has 2 aromatic carbocycles. The van der Waals surface area contributed by atoms with Crippen molar-refractivity contribution in [2.75, 3.05) is 0 Å². The summed E-state index contributed by atoms with van der Waals surface area (Å²) in [6.07, 6.45) is -0.264. The summed E-state index contributed by atoms with van der Waals surface area (Å²) < 4.78 is 5.25. The van der Waals surface area contributed by atoms with Gasteiger partial charge in [-0.2, -0.15) is 0 Å². The predicted octanol–water partition coefficient (Wildman–Crippen LogP) is 0.855. The highest BCUT2D eigenvalue weighted by Crippen LogP contribution is 2.12. The Labute approximate surface area is 257 Å². The maximum absolute atomic E-state index is 12.0. The number of carboxylic acids is 5. The van der Waals surface area contributed by atoms with E-state index in [1.165, 1.54) is 13.8 Å². The van der Waals surface area contributed by atoms with Crippen LogP contribution in [0.5, 0.6) is 0 Å². The fourth-order valence-corrected chi connectivity index (χ4v) is 2.76. The third-order valence-corrected chi connectivity index (χ3v) is 5.18. The molecule has 0 amide bonds. The molecular weight excluding hydrogens is 596 g/mol. The molecule has 16 heteroatoms. The number of rotatable bonds is 12. The first-order valence-electron chi connectivity index (χ1n) is 13.2. The Morgan fingerprint density at radius 1 is 0.756 bits per heavy atom. The van der Waals surface area contributed by atoms with Gasteiger partial charge in [0.1, 0.15) is 23.7 Å². The summed E-state index contributed by atoms with van der Waals surface area (Å²) in [6.45, 7) is 3.00. The molecule has 3 atom stereocenters. The van der Waals surface area contributed by atoms with Gasteiger partial charge in [0.2, 0.25) is 0 Å². The zero-order chi connectivity index (χ0) is 34.5. The minimum absolute atomic E-state index is 0.158. The molecule has 0 spiro atoms. The van der Waals surface area contributed by atoms with Crippen LogP contribution in [0.25, 0.3) is 11.0 Å². The van der Waals surface area contributed by atoms with Crippen LogP contribution < -0.4 is 27.9 Å². The Morgan fingerprint density at radius 3 is 1.67 bits per heavy atom. The number of para-hydroxylation sites is 1. The van der Waals surface area contributed by atoms with Crippen molar-refractivity contribution in [3.05, 3.63) is 82.2 Å². The lowest BCUT2D eigenvalue weighted by atomic mass is 10.1. The van der Waals surface area contributed by atoms with E-state index in [1.54, 1.807) is 18.2 Å². The van der Waals surface area contributed by atoms with Crippen molar-refractivity contribution in [3.8, 4) is 0 Å². The molecule has 0 aliphatic carbocycles. The molecule has 0 saturated heterocycles. The van der Waals surface area contributed by atoms with Gasteiger partial charge >= 0.3 is 35.5 Å². The first kappa shape index (κ1) is 39.8. The van der Waals surface area contributed by atoms with E-state index in [1.807, 2.05) is 42.5 Å². The van der Waals surface area contributed by atoms with Gasteiger partial charge in [-0.25, -0.2) is 10.2 Å². The Hall–Kier alpha value is -5.16. The molecule has 0 radical (unpaired) electrons. The number of hydrogen-bond acceptors (Lipinski definition) is 11. The lowest BCUT2D eigenvalue weighted by Crippen LogP contribution is -2.46. The van der Waals surface area contributed by atoms with Gasteiger partial charge in [-0.05, 0) is 38.0 Å². The highest BCUT2D eigenvalue weighted by atomic mass is 16.4. The summed E-state index contributed by atoms with van der Waals surface area (Å²) in [4.78, 5) is 61.8. The number of benzene rings is 2. The molecule has 246 valence electrons. The normalized spacial score (nSPS) is 11.9. The van der Waals surface area contributed by atoms with Crippen molar-refractivity contribution in [2.45, 2.75) is 57.8 Å². The van der Waals surface area contributed by atoms with Gasteiger partial charge in [0, 0.05) is 11.9 Å². The van der Waals surface area contributed by atoms with E-state index in [4.69, 9.17) is 36.3 Å². The van der Waals surface area contributed by atoms with Crippen molar-refractivity contribution < 1.29 is 53.9 Å². The monoisotopic (exact) mass is 634 g/mol. The molecule has 0 aliphatic rings. The van der Waals surface area contributed by atoms with E-state index >= 15 is 0 Å². The molecule has 3 aromatic rings. The van der Waals surface area contributed by atoms with Gasteiger partial charge in [0.15, 0.2) is 0 Å². The van der Waals surface area contributed by atoms with Crippen LogP contribution in [0.3, 0.4) is 0 Å². The smallest absolute Gasteiger partial charge is 0.340 e. The van der Waals surface area contributed by atoms with Crippen molar-refractivity contribution in [1.82, 2.24) is 10.9 Å². The van der Waals surface area contributed by atoms with Crippen molar-refractivity contribution in [2.24, 2.45) is 11.5 Å². The van der Waals surface area contributed by atoms with Gasteiger partial charge in [-0.3, -0.25) is 29.4 Å². The fourth-order valence-electron chi connectivity index (χ4n) is 2.76. The van der Waals surface area contributed by atoms with Crippen LogP contribution in [0.1, 0.15) is 37.8 Å². The molecule has 0 fully saturated rings. The molecule has 45 heavy (non-hydrogen) atoms. The first-order chi connectivity index (χ1) is 21.0. The number of fused-ring (bicyclic) bond motifs is 1. The van der Waals surface area contributed by atoms with Crippen molar-refractivity contribution in [1.29, 1.82) is 0 Å². The van der Waals surface area contributed by atoms with Crippen molar-refractivity contribution >= 4 is 40.8 Å². The average molecular weight is 635 g/mol. The highest BCUT2D eigenvalue weighted by molar-refractivity contribution is 5.77. The standard InChI is InChI=1S/C19H18N2O4.C4H6O4.2C3H7NO2/c22-18(23)16(10-13-6-2-1-3-7-13)21-20-12-15-11-14-8-4-5-9-17(14)25-19(15)24;5-3(6)1-2-4(7)8;2*1-2(4)3(5)6/h1-9,11,16,20-21H,10,12H2,(H,22,23);1-2H2,(H,5,6)(H,7,8);2*2H,4H2,1H3,(H,5,6)/t16-;;2*2-/m0.00/s1. The second kappa shape index (κ2) is 21.5. The summed E-state index contributed by atoms with van der Waals surface area (Å²) in [5.74, 6) is -5.05. The molecule has 3 rings (SSSR count). The second-order valence-corrected chi connectivity index (χ2v) is 9.22. The summed E-state index contributed by atoms with van der Waals surface area (Å²) in [7, 11) is 0. The van der Waals surface area contributed by atoms with Crippen LogP contribution in [0, 0.1) is 0 Å². The largest absolute Gasteiger partial charge is 0.481 e. The van der Waals surface area contributed by atoms with E-state index in [0.717, 1.165) is 10.9 Å². The topological polar surface area (TPSA) is 293 Å². The molecule has 0 unspecified atom stereocenters. The highest BCUT2D eigenvalue weighted by Gasteiger charge is 2.17. The SMILES string of the molecule is C[C@H](N)C(=O)O.C[C@H](N)C(=O)O.O=C(O)CCC(=O)O.O=C(O)[C@H](Cc1ccccc1)NNCc1cc2ccccc2oc1=O. The number of hydrazine groups is 1. The number of aliphatic carboxylic acids is 5. The maximum atomic E-state index is 12.0. The van der Waals surface area contributed by atoms with Gasteiger partial charge in [-0.15, -0.1) is 0 Å². The summed E-state index contributed by atoms with van der Waals surface area (Å²) in [6, 6.07) is 16.0. The van der Waals surface area contributed by atoms with E-state index in [-0.39, 0.29) is 19.4 Å². The fraction of sp³-hybridized carbons (Fsp3) is 0.310. The van der Waals surface area contributed by atoms with Crippen LogP contribution in [0.15, 0.2) is 69.9 Å². The molecular formula is C29H38N4O12. The van der Waals surface area contributed by atoms with E-state index < -0.39 is 53.6 Å². The van der Waals surface area contributed by atoms with Crippen molar-refractivity contribution in [3.63, 3.8) is 0 Å². The third-order valence-electron chi connectivity index (χ3n) is 5.18. The average Bonchev–Trinajstić information content (AvgIpc) is 2.97. The molecule has 1 aromatic heterocycles. The number of carboxylic acid groups (broad SMARTS) is 5.